The summed E-state index contributed by atoms with van der Waals surface area (Å²) in [4.78, 5) is 4.08. The van der Waals surface area contributed by atoms with Crippen LogP contribution in [0.4, 0.5) is 13.2 Å². The number of aromatic nitrogens is 2. The standard InChI is InChI=1S/C9H6BrF3N2/c1-5-3-15-4-6(9(11,12)13)2-7(10)8(15)14-5/h2-4H,1H3. The Kier molecular flexibility index (Phi) is 2.26. The Balaban J connectivity index is 2.72. The molecule has 0 aliphatic carbocycles. The first-order chi connectivity index (χ1) is 6.88. The third-order valence-electron chi connectivity index (χ3n) is 1.95. The summed E-state index contributed by atoms with van der Waals surface area (Å²) in [5.74, 6) is 0. The average molecular weight is 279 g/mol. The third-order valence-corrected chi connectivity index (χ3v) is 2.54. The van der Waals surface area contributed by atoms with Crippen molar-refractivity contribution in [3.63, 3.8) is 0 Å². The Labute approximate surface area is 91.9 Å². The molecule has 0 saturated carbocycles. The topological polar surface area (TPSA) is 17.3 Å². The van der Waals surface area contributed by atoms with Gasteiger partial charge in [0.05, 0.1) is 15.7 Å². The third kappa shape index (κ3) is 1.86. The lowest BCUT2D eigenvalue weighted by Gasteiger charge is -2.07. The highest BCUT2D eigenvalue weighted by atomic mass is 79.9. The maximum Gasteiger partial charge on any atom is 0.417 e. The summed E-state index contributed by atoms with van der Waals surface area (Å²) >= 11 is 3.07. The normalized spacial score (nSPS) is 12.3. The lowest BCUT2D eigenvalue weighted by atomic mass is 10.3. The van der Waals surface area contributed by atoms with Crippen molar-refractivity contribution < 1.29 is 13.2 Å². The molecule has 0 aromatic carbocycles. The van der Waals surface area contributed by atoms with Crippen molar-refractivity contribution in [2.24, 2.45) is 0 Å². The van der Waals surface area contributed by atoms with Gasteiger partial charge < -0.3 is 4.40 Å². The first kappa shape index (κ1) is 10.5. The van der Waals surface area contributed by atoms with Crippen LogP contribution in [0.2, 0.25) is 0 Å². The molecular weight excluding hydrogens is 273 g/mol. The Morgan fingerprint density at radius 1 is 1.33 bits per heavy atom. The minimum atomic E-state index is -4.34. The van der Waals surface area contributed by atoms with Crippen molar-refractivity contribution in [3.05, 3.63) is 34.2 Å². The smallest absolute Gasteiger partial charge is 0.305 e. The Hall–Kier alpha value is -1.04. The first-order valence-electron chi connectivity index (χ1n) is 4.10. The van der Waals surface area contributed by atoms with Gasteiger partial charge in [-0.1, -0.05) is 0 Å². The van der Waals surface area contributed by atoms with Gasteiger partial charge in [0.25, 0.3) is 0 Å². The van der Waals surface area contributed by atoms with Crippen LogP contribution in [0, 0.1) is 6.92 Å². The van der Waals surface area contributed by atoms with Gasteiger partial charge in [-0.2, -0.15) is 13.2 Å². The van der Waals surface area contributed by atoms with Crippen molar-refractivity contribution in [1.29, 1.82) is 0 Å². The minimum Gasteiger partial charge on any atom is -0.305 e. The lowest BCUT2D eigenvalue weighted by molar-refractivity contribution is -0.137. The highest BCUT2D eigenvalue weighted by Gasteiger charge is 2.31. The van der Waals surface area contributed by atoms with Crippen LogP contribution in [0.5, 0.6) is 0 Å². The van der Waals surface area contributed by atoms with E-state index >= 15 is 0 Å². The van der Waals surface area contributed by atoms with E-state index in [0.29, 0.717) is 15.8 Å². The largest absolute Gasteiger partial charge is 0.417 e. The summed E-state index contributed by atoms with van der Waals surface area (Å²) in [6.07, 6.45) is -1.76. The van der Waals surface area contributed by atoms with Gasteiger partial charge in [0.2, 0.25) is 0 Å². The Morgan fingerprint density at radius 3 is 2.60 bits per heavy atom. The average Bonchev–Trinajstić information content (AvgIpc) is 2.44. The van der Waals surface area contributed by atoms with Crippen molar-refractivity contribution in [1.82, 2.24) is 9.38 Å². The molecule has 2 nitrogen and oxygen atoms in total. The van der Waals surface area contributed by atoms with Crippen molar-refractivity contribution in [2.75, 3.05) is 0 Å². The SMILES string of the molecule is Cc1cn2cc(C(F)(F)F)cc(Br)c2n1. The van der Waals surface area contributed by atoms with E-state index in [2.05, 4.69) is 20.9 Å². The van der Waals surface area contributed by atoms with E-state index in [9.17, 15) is 13.2 Å². The monoisotopic (exact) mass is 278 g/mol. The van der Waals surface area contributed by atoms with Gasteiger partial charge in [-0.05, 0) is 28.9 Å². The quantitative estimate of drug-likeness (QED) is 0.722. The molecular formula is C9H6BrF3N2. The van der Waals surface area contributed by atoms with Crippen LogP contribution in [-0.2, 0) is 6.18 Å². The number of nitrogens with zero attached hydrogens (tertiary/aromatic N) is 2. The van der Waals surface area contributed by atoms with E-state index in [1.165, 1.54) is 4.40 Å². The fourth-order valence-corrected chi connectivity index (χ4v) is 1.87. The molecule has 0 unspecified atom stereocenters. The first-order valence-corrected chi connectivity index (χ1v) is 4.89. The van der Waals surface area contributed by atoms with Gasteiger partial charge in [0, 0.05) is 12.4 Å². The van der Waals surface area contributed by atoms with Gasteiger partial charge in [0.1, 0.15) is 0 Å². The summed E-state index contributed by atoms with van der Waals surface area (Å²) in [6.45, 7) is 1.73. The summed E-state index contributed by atoms with van der Waals surface area (Å²) in [6, 6.07) is 1.03. The van der Waals surface area contributed by atoms with Crippen LogP contribution < -0.4 is 0 Å². The van der Waals surface area contributed by atoms with Crippen LogP contribution in [0.3, 0.4) is 0 Å². The predicted octanol–water partition coefficient (Wildman–Crippen LogP) is 3.42. The molecule has 0 amide bonds. The summed E-state index contributed by atoms with van der Waals surface area (Å²) < 4.78 is 39.0. The number of alkyl halides is 3. The molecule has 0 aliphatic rings. The molecule has 15 heavy (non-hydrogen) atoms. The number of halogens is 4. The zero-order valence-corrected chi connectivity index (χ0v) is 9.22. The number of fused-ring (bicyclic) bond motifs is 1. The van der Waals surface area contributed by atoms with E-state index < -0.39 is 11.7 Å². The molecule has 6 heteroatoms. The van der Waals surface area contributed by atoms with Crippen molar-refractivity contribution in [3.8, 4) is 0 Å². The molecule has 2 aromatic rings. The molecule has 0 radical (unpaired) electrons. The molecule has 2 rings (SSSR count). The van der Waals surface area contributed by atoms with Gasteiger partial charge in [-0.15, -0.1) is 0 Å². The van der Waals surface area contributed by atoms with Crippen LogP contribution in [0.25, 0.3) is 5.65 Å². The second-order valence-corrected chi connectivity index (χ2v) is 4.04. The zero-order valence-electron chi connectivity index (χ0n) is 7.64. The van der Waals surface area contributed by atoms with Gasteiger partial charge >= 0.3 is 6.18 Å². The molecule has 80 valence electrons. The van der Waals surface area contributed by atoms with Gasteiger partial charge in [-0.3, -0.25) is 0 Å². The van der Waals surface area contributed by atoms with Crippen molar-refractivity contribution >= 4 is 21.6 Å². The molecule has 2 heterocycles. The Morgan fingerprint density at radius 2 is 2.00 bits per heavy atom. The van der Waals surface area contributed by atoms with Gasteiger partial charge in [-0.25, -0.2) is 4.98 Å². The fourth-order valence-electron chi connectivity index (χ4n) is 1.33. The van der Waals surface area contributed by atoms with E-state index in [4.69, 9.17) is 0 Å². The molecule has 2 aromatic heterocycles. The van der Waals surface area contributed by atoms with E-state index in [1.807, 2.05) is 0 Å². The summed E-state index contributed by atoms with van der Waals surface area (Å²) in [7, 11) is 0. The van der Waals surface area contributed by atoms with Crippen molar-refractivity contribution in [2.45, 2.75) is 13.1 Å². The summed E-state index contributed by atoms with van der Waals surface area (Å²) in [5, 5.41) is 0. The number of hydrogen-bond donors (Lipinski definition) is 0. The molecule has 0 atom stereocenters. The van der Waals surface area contributed by atoms with Crippen LogP contribution in [-0.4, -0.2) is 9.38 Å². The lowest BCUT2D eigenvalue weighted by Crippen LogP contribution is -2.06. The van der Waals surface area contributed by atoms with E-state index in [1.54, 1.807) is 13.1 Å². The van der Waals surface area contributed by atoms with E-state index in [-0.39, 0.29) is 0 Å². The number of pyridine rings is 1. The minimum absolute atomic E-state index is 0.338. The molecule has 0 spiro atoms. The maximum absolute atomic E-state index is 12.4. The molecule has 0 bridgehead atoms. The zero-order chi connectivity index (χ0) is 11.2. The number of rotatable bonds is 0. The second-order valence-electron chi connectivity index (χ2n) is 3.19. The number of aryl methyl sites for hydroxylation is 1. The highest BCUT2D eigenvalue weighted by molar-refractivity contribution is 9.10. The second kappa shape index (κ2) is 3.23. The highest BCUT2D eigenvalue weighted by Crippen LogP contribution is 2.32. The predicted molar refractivity (Wildman–Crippen MR) is 52.6 cm³/mol. The maximum atomic E-state index is 12.4. The van der Waals surface area contributed by atoms with Gasteiger partial charge in [0.15, 0.2) is 5.65 Å². The fraction of sp³-hybridized carbons (Fsp3) is 0.222. The number of imidazole rings is 1. The number of hydrogen-bond acceptors (Lipinski definition) is 1. The molecule has 0 saturated heterocycles. The van der Waals surface area contributed by atoms with Crippen LogP contribution in [0.1, 0.15) is 11.3 Å². The van der Waals surface area contributed by atoms with E-state index in [0.717, 1.165) is 12.3 Å². The molecule has 0 aliphatic heterocycles. The van der Waals surface area contributed by atoms with Crippen LogP contribution >= 0.6 is 15.9 Å². The Bertz CT molecular complexity index is 516. The molecule has 0 N–H and O–H groups in total. The summed E-state index contributed by atoms with van der Waals surface area (Å²) in [5.41, 5.74) is 0.467. The molecule has 0 fully saturated rings. The van der Waals surface area contributed by atoms with Crippen LogP contribution in [0.15, 0.2) is 22.9 Å².